The number of amides is 1. The summed E-state index contributed by atoms with van der Waals surface area (Å²) < 4.78 is 5.71. The van der Waals surface area contributed by atoms with Crippen LogP contribution in [0, 0.1) is 0 Å². The number of carbonyl (C=O) groups excluding carboxylic acids is 1. The molecule has 0 saturated carbocycles. The predicted octanol–water partition coefficient (Wildman–Crippen LogP) is 2.09. The summed E-state index contributed by atoms with van der Waals surface area (Å²) in [5.41, 5.74) is 1.28. The second-order valence-electron chi connectivity index (χ2n) is 7.23. The first-order chi connectivity index (χ1) is 12.0. The van der Waals surface area contributed by atoms with Gasteiger partial charge in [-0.2, -0.15) is 0 Å². The highest BCUT2D eigenvalue weighted by Crippen LogP contribution is 2.14. The summed E-state index contributed by atoms with van der Waals surface area (Å²) in [7, 11) is 0. The van der Waals surface area contributed by atoms with Gasteiger partial charge in [0.25, 0.3) is 0 Å². The van der Waals surface area contributed by atoms with Crippen LogP contribution in [0.4, 0.5) is 0 Å². The summed E-state index contributed by atoms with van der Waals surface area (Å²) in [5, 5.41) is 0.777. The molecule has 2 saturated heterocycles. The zero-order valence-electron chi connectivity index (χ0n) is 15.2. The molecule has 3 rings (SSSR count). The summed E-state index contributed by atoms with van der Waals surface area (Å²) in [5.74, 6) is 0.230. The fraction of sp³-hybridized carbons (Fsp3) is 0.632. The Morgan fingerprint density at radius 1 is 1.04 bits per heavy atom. The van der Waals surface area contributed by atoms with Crippen LogP contribution in [0.1, 0.15) is 19.4 Å². The molecule has 2 fully saturated rings. The van der Waals surface area contributed by atoms with Crippen LogP contribution in [0.25, 0.3) is 0 Å². The summed E-state index contributed by atoms with van der Waals surface area (Å²) in [6, 6.07) is 8.05. The van der Waals surface area contributed by atoms with E-state index in [0.717, 1.165) is 37.7 Å². The minimum atomic E-state index is 0.129. The maximum Gasteiger partial charge on any atom is 0.236 e. The van der Waals surface area contributed by atoms with Crippen molar-refractivity contribution in [1.82, 2.24) is 14.7 Å². The Balaban J connectivity index is 1.43. The van der Waals surface area contributed by atoms with Crippen molar-refractivity contribution in [3.05, 3.63) is 34.9 Å². The maximum absolute atomic E-state index is 12.6. The van der Waals surface area contributed by atoms with Crippen LogP contribution >= 0.6 is 11.6 Å². The molecular weight excluding hydrogens is 338 g/mol. The molecule has 2 atom stereocenters. The standard InChI is InChI=1S/C19H28ClN3O2/c1-15-11-23(12-16(2)25-15)19(24)14-22-9-7-21(8-10-22)13-17-3-5-18(20)6-4-17/h3-6,15-16H,7-14H2,1-2H3. The Bertz CT molecular complexity index is 563. The van der Waals surface area contributed by atoms with Crippen molar-refractivity contribution in [2.45, 2.75) is 32.6 Å². The second kappa shape index (κ2) is 8.49. The highest BCUT2D eigenvalue weighted by atomic mass is 35.5. The number of hydrogen-bond acceptors (Lipinski definition) is 4. The Morgan fingerprint density at radius 3 is 2.20 bits per heavy atom. The van der Waals surface area contributed by atoms with Crippen LogP contribution in [0.5, 0.6) is 0 Å². The van der Waals surface area contributed by atoms with Crippen LogP contribution in [0.3, 0.4) is 0 Å². The van der Waals surface area contributed by atoms with E-state index in [-0.39, 0.29) is 18.1 Å². The van der Waals surface area contributed by atoms with Gasteiger partial charge in [0.1, 0.15) is 0 Å². The van der Waals surface area contributed by atoms with Crippen molar-refractivity contribution >= 4 is 17.5 Å². The van der Waals surface area contributed by atoms with Crippen LogP contribution in [0.15, 0.2) is 24.3 Å². The third-order valence-corrected chi connectivity index (χ3v) is 5.17. The van der Waals surface area contributed by atoms with E-state index in [2.05, 4.69) is 21.9 Å². The Hall–Kier alpha value is -1.14. The average Bonchev–Trinajstić information content (AvgIpc) is 2.58. The number of hydrogen-bond donors (Lipinski definition) is 0. The molecule has 2 aliphatic rings. The monoisotopic (exact) mass is 365 g/mol. The quantitative estimate of drug-likeness (QED) is 0.818. The first kappa shape index (κ1) is 18.6. The zero-order valence-corrected chi connectivity index (χ0v) is 15.9. The van der Waals surface area contributed by atoms with Crippen LogP contribution in [0.2, 0.25) is 5.02 Å². The predicted molar refractivity (Wildman–Crippen MR) is 99.8 cm³/mol. The number of nitrogens with zero attached hydrogens (tertiary/aromatic N) is 3. The number of benzene rings is 1. The molecule has 1 amide bonds. The number of halogens is 1. The van der Waals surface area contributed by atoms with Gasteiger partial charge in [0.2, 0.25) is 5.91 Å². The number of piperazine rings is 1. The van der Waals surface area contributed by atoms with E-state index in [1.807, 2.05) is 30.9 Å². The van der Waals surface area contributed by atoms with Gasteiger partial charge in [-0.15, -0.1) is 0 Å². The van der Waals surface area contributed by atoms with Gasteiger partial charge in [-0.3, -0.25) is 14.6 Å². The molecule has 25 heavy (non-hydrogen) atoms. The lowest BCUT2D eigenvalue weighted by Crippen LogP contribution is -2.53. The Morgan fingerprint density at radius 2 is 1.60 bits per heavy atom. The minimum absolute atomic E-state index is 0.129. The molecule has 0 radical (unpaired) electrons. The fourth-order valence-electron chi connectivity index (χ4n) is 3.63. The van der Waals surface area contributed by atoms with E-state index in [0.29, 0.717) is 19.6 Å². The largest absolute Gasteiger partial charge is 0.372 e. The normalized spacial score (nSPS) is 26.0. The van der Waals surface area contributed by atoms with Gasteiger partial charge in [-0.25, -0.2) is 0 Å². The zero-order chi connectivity index (χ0) is 17.8. The van der Waals surface area contributed by atoms with Gasteiger partial charge >= 0.3 is 0 Å². The molecular formula is C19H28ClN3O2. The molecule has 0 aromatic heterocycles. The second-order valence-corrected chi connectivity index (χ2v) is 7.67. The number of ether oxygens (including phenoxy) is 1. The molecule has 2 unspecified atom stereocenters. The van der Waals surface area contributed by atoms with E-state index >= 15 is 0 Å². The van der Waals surface area contributed by atoms with Crippen molar-refractivity contribution in [2.75, 3.05) is 45.8 Å². The van der Waals surface area contributed by atoms with Crippen LogP contribution < -0.4 is 0 Å². The molecule has 5 nitrogen and oxygen atoms in total. The van der Waals surface area contributed by atoms with Crippen LogP contribution in [-0.2, 0) is 16.1 Å². The molecule has 0 N–H and O–H groups in total. The lowest BCUT2D eigenvalue weighted by Gasteiger charge is -2.38. The average molecular weight is 366 g/mol. The molecule has 6 heteroatoms. The van der Waals surface area contributed by atoms with E-state index in [4.69, 9.17) is 16.3 Å². The first-order valence-electron chi connectivity index (χ1n) is 9.12. The van der Waals surface area contributed by atoms with Crippen molar-refractivity contribution in [1.29, 1.82) is 0 Å². The van der Waals surface area contributed by atoms with Crippen LogP contribution in [-0.4, -0.2) is 78.6 Å². The Kier molecular flexibility index (Phi) is 6.34. The lowest BCUT2D eigenvalue weighted by atomic mass is 10.2. The van der Waals surface area contributed by atoms with Crippen molar-refractivity contribution < 1.29 is 9.53 Å². The summed E-state index contributed by atoms with van der Waals surface area (Å²) in [6.07, 6.45) is 0.257. The molecule has 1 aromatic rings. The van der Waals surface area contributed by atoms with E-state index in [1.54, 1.807) is 0 Å². The highest BCUT2D eigenvalue weighted by Gasteiger charge is 2.27. The Labute approximate surface area is 155 Å². The molecule has 2 aliphatic heterocycles. The third kappa shape index (κ3) is 5.42. The SMILES string of the molecule is CC1CN(C(=O)CN2CCN(Cc3ccc(Cl)cc3)CC2)CC(C)O1. The number of carbonyl (C=O) groups is 1. The summed E-state index contributed by atoms with van der Waals surface area (Å²) in [4.78, 5) is 19.2. The van der Waals surface area contributed by atoms with Gasteiger partial charge < -0.3 is 9.64 Å². The van der Waals surface area contributed by atoms with Gasteiger partial charge in [0.15, 0.2) is 0 Å². The van der Waals surface area contributed by atoms with E-state index in [9.17, 15) is 4.79 Å². The van der Waals surface area contributed by atoms with Crippen molar-refractivity contribution in [3.63, 3.8) is 0 Å². The molecule has 0 bridgehead atoms. The summed E-state index contributed by atoms with van der Waals surface area (Å²) >= 11 is 5.94. The smallest absolute Gasteiger partial charge is 0.236 e. The van der Waals surface area contributed by atoms with Crippen molar-refractivity contribution in [2.24, 2.45) is 0 Å². The topological polar surface area (TPSA) is 36.0 Å². The lowest BCUT2D eigenvalue weighted by molar-refractivity contribution is -0.144. The molecule has 1 aromatic carbocycles. The third-order valence-electron chi connectivity index (χ3n) is 4.92. The van der Waals surface area contributed by atoms with Gasteiger partial charge in [0, 0.05) is 50.8 Å². The van der Waals surface area contributed by atoms with Crippen molar-refractivity contribution in [3.8, 4) is 0 Å². The molecule has 0 aliphatic carbocycles. The molecule has 2 heterocycles. The molecule has 0 spiro atoms. The fourth-order valence-corrected chi connectivity index (χ4v) is 3.75. The van der Waals surface area contributed by atoms with E-state index < -0.39 is 0 Å². The van der Waals surface area contributed by atoms with Gasteiger partial charge in [-0.05, 0) is 31.5 Å². The van der Waals surface area contributed by atoms with E-state index in [1.165, 1.54) is 5.56 Å². The highest BCUT2D eigenvalue weighted by molar-refractivity contribution is 6.30. The minimum Gasteiger partial charge on any atom is -0.372 e. The van der Waals surface area contributed by atoms with Gasteiger partial charge in [0.05, 0.1) is 18.8 Å². The van der Waals surface area contributed by atoms with Gasteiger partial charge in [-0.1, -0.05) is 23.7 Å². The maximum atomic E-state index is 12.6. The number of morpholine rings is 1. The number of rotatable bonds is 4. The summed E-state index contributed by atoms with van der Waals surface area (Å²) in [6.45, 7) is 10.8. The first-order valence-corrected chi connectivity index (χ1v) is 9.50. The molecule has 138 valence electrons.